The lowest BCUT2D eigenvalue weighted by Crippen LogP contribution is -2.70. The van der Waals surface area contributed by atoms with Gasteiger partial charge in [-0.15, -0.1) is 11.8 Å². The number of nitrogens with two attached hydrogens (primary N) is 1. The Morgan fingerprint density at radius 2 is 2.05 bits per heavy atom. The normalized spacial score (nSPS) is 25.3. The third-order valence-corrected chi connectivity index (χ3v) is 4.11. The molecule has 114 valence electrons. The molecule has 5 N–H and O–H groups in total. The van der Waals surface area contributed by atoms with Gasteiger partial charge in [0, 0.05) is 5.56 Å². The number of hydrogen-bond acceptors (Lipinski definition) is 5. The molecule has 2 amide bonds. The first-order chi connectivity index (χ1) is 10.0. The van der Waals surface area contributed by atoms with Crippen molar-refractivity contribution < 1.29 is 9.59 Å². The average Bonchev–Trinajstić information content (AvgIpc) is 2.44. The molecule has 0 radical (unpaired) electrons. The van der Waals surface area contributed by atoms with E-state index < -0.39 is 12.2 Å². The van der Waals surface area contributed by atoms with E-state index in [0.717, 1.165) is 11.3 Å². The minimum absolute atomic E-state index is 0.218. The van der Waals surface area contributed by atoms with Crippen LogP contribution in [0.25, 0.3) is 0 Å². The molecule has 0 bridgehead atoms. The number of amides is 2. The van der Waals surface area contributed by atoms with Crippen LogP contribution in [-0.2, 0) is 4.79 Å². The smallest absolute Gasteiger partial charge is 0.252 e. The van der Waals surface area contributed by atoms with Crippen LogP contribution < -0.4 is 21.7 Å². The molecule has 2 rings (SSSR count). The zero-order valence-electron chi connectivity index (χ0n) is 12.1. The SMILES string of the molecule is CCSC1NC(=O)C(NC(=O)c2ccc(C)cc2)C(N)N1. The number of hydrogen-bond donors (Lipinski definition) is 4. The monoisotopic (exact) mass is 308 g/mol. The molecule has 1 aromatic rings. The van der Waals surface area contributed by atoms with Crippen molar-refractivity contribution in [1.82, 2.24) is 16.0 Å². The highest BCUT2D eigenvalue weighted by Gasteiger charge is 2.35. The molecule has 3 atom stereocenters. The van der Waals surface area contributed by atoms with Gasteiger partial charge in [-0.05, 0) is 24.8 Å². The highest BCUT2D eigenvalue weighted by Crippen LogP contribution is 2.11. The molecule has 1 aliphatic heterocycles. The number of thioether (sulfide) groups is 1. The van der Waals surface area contributed by atoms with Crippen LogP contribution >= 0.6 is 11.8 Å². The van der Waals surface area contributed by atoms with Gasteiger partial charge in [0.2, 0.25) is 5.91 Å². The third kappa shape index (κ3) is 3.96. The van der Waals surface area contributed by atoms with Gasteiger partial charge in [-0.3, -0.25) is 14.9 Å². The Bertz CT molecular complexity index is 520. The molecule has 3 unspecified atom stereocenters. The summed E-state index contributed by atoms with van der Waals surface area (Å²) in [5.41, 5.74) is 7.30. The van der Waals surface area contributed by atoms with Gasteiger partial charge in [0.1, 0.15) is 11.5 Å². The maximum absolute atomic E-state index is 12.1. The summed E-state index contributed by atoms with van der Waals surface area (Å²) in [6.07, 6.45) is -0.614. The summed E-state index contributed by atoms with van der Waals surface area (Å²) >= 11 is 1.54. The Morgan fingerprint density at radius 3 is 2.62 bits per heavy atom. The maximum Gasteiger partial charge on any atom is 0.252 e. The fourth-order valence-corrected chi connectivity index (χ4v) is 2.82. The van der Waals surface area contributed by atoms with Crippen molar-refractivity contribution in [3.63, 3.8) is 0 Å². The minimum Gasteiger partial charge on any atom is -0.338 e. The first kappa shape index (κ1) is 15.8. The lowest BCUT2D eigenvalue weighted by Gasteiger charge is -2.35. The number of carbonyl (C=O) groups is 2. The molecule has 0 spiro atoms. The van der Waals surface area contributed by atoms with Crippen LogP contribution in [0, 0.1) is 6.92 Å². The minimum atomic E-state index is -0.785. The second-order valence-electron chi connectivity index (χ2n) is 4.85. The van der Waals surface area contributed by atoms with Crippen LogP contribution in [0.4, 0.5) is 0 Å². The average molecular weight is 308 g/mol. The number of carbonyl (C=O) groups excluding carboxylic acids is 2. The Balaban J connectivity index is 2.00. The van der Waals surface area contributed by atoms with E-state index in [-0.39, 0.29) is 17.3 Å². The van der Waals surface area contributed by atoms with E-state index in [0.29, 0.717) is 5.56 Å². The van der Waals surface area contributed by atoms with Gasteiger partial charge in [-0.1, -0.05) is 24.6 Å². The van der Waals surface area contributed by atoms with Crippen molar-refractivity contribution in [3.05, 3.63) is 35.4 Å². The largest absolute Gasteiger partial charge is 0.338 e. The molecule has 6 nitrogen and oxygen atoms in total. The summed E-state index contributed by atoms with van der Waals surface area (Å²) in [6, 6.07) is 6.36. The van der Waals surface area contributed by atoms with Gasteiger partial charge < -0.3 is 16.4 Å². The molecule has 7 heteroatoms. The van der Waals surface area contributed by atoms with E-state index in [1.54, 1.807) is 23.9 Å². The Morgan fingerprint density at radius 1 is 1.38 bits per heavy atom. The van der Waals surface area contributed by atoms with E-state index in [4.69, 9.17) is 5.73 Å². The summed E-state index contributed by atoms with van der Waals surface area (Å²) in [5.74, 6) is 0.270. The van der Waals surface area contributed by atoms with Gasteiger partial charge in [0.15, 0.2) is 0 Å². The molecule has 0 aromatic heterocycles. The number of rotatable bonds is 4. The Kier molecular flexibility index (Phi) is 5.22. The van der Waals surface area contributed by atoms with Crippen LogP contribution in [0.15, 0.2) is 24.3 Å². The standard InChI is InChI=1S/C14H20N4O2S/c1-3-21-14-17-11(15)10(13(20)18-14)16-12(19)9-6-4-8(2)5-7-9/h4-7,10-11,14,17H,3,15H2,1-2H3,(H,16,19)(H,18,20). The number of nitrogens with one attached hydrogen (secondary N) is 3. The van der Waals surface area contributed by atoms with E-state index in [1.165, 1.54) is 0 Å². The van der Waals surface area contributed by atoms with Crippen LogP contribution in [0.5, 0.6) is 0 Å². The predicted octanol–water partition coefficient (Wildman–Crippen LogP) is 0.134. The molecule has 1 fully saturated rings. The van der Waals surface area contributed by atoms with Gasteiger partial charge >= 0.3 is 0 Å². The Hall–Kier alpha value is -1.57. The van der Waals surface area contributed by atoms with Crippen molar-refractivity contribution >= 4 is 23.6 Å². The quantitative estimate of drug-likeness (QED) is 0.634. The van der Waals surface area contributed by atoms with Crippen LogP contribution in [0.3, 0.4) is 0 Å². The zero-order chi connectivity index (χ0) is 15.4. The highest BCUT2D eigenvalue weighted by atomic mass is 32.2. The molecule has 1 aromatic carbocycles. The summed E-state index contributed by atoms with van der Waals surface area (Å²) in [4.78, 5) is 24.2. The molecule has 0 aliphatic carbocycles. The summed E-state index contributed by atoms with van der Waals surface area (Å²) in [5, 5.41) is 8.51. The van der Waals surface area contributed by atoms with Crippen LogP contribution in [0.2, 0.25) is 0 Å². The second-order valence-corrected chi connectivity index (χ2v) is 6.24. The molecule has 1 aliphatic rings. The van der Waals surface area contributed by atoms with Gasteiger partial charge in [-0.2, -0.15) is 0 Å². The third-order valence-electron chi connectivity index (χ3n) is 3.19. The van der Waals surface area contributed by atoms with Crippen molar-refractivity contribution in [3.8, 4) is 0 Å². The lowest BCUT2D eigenvalue weighted by molar-refractivity contribution is -0.125. The first-order valence-corrected chi connectivity index (χ1v) is 7.87. The summed E-state index contributed by atoms with van der Waals surface area (Å²) in [6.45, 7) is 3.94. The molecular formula is C14H20N4O2S. The topological polar surface area (TPSA) is 96.2 Å². The van der Waals surface area contributed by atoms with E-state index in [2.05, 4.69) is 16.0 Å². The molecular weight excluding hydrogens is 288 g/mol. The van der Waals surface area contributed by atoms with Crippen molar-refractivity contribution in [2.45, 2.75) is 31.6 Å². The van der Waals surface area contributed by atoms with Crippen molar-refractivity contribution in [1.29, 1.82) is 0 Å². The van der Waals surface area contributed by atoms with Gasteiger partial charge in [0.25, 0.3) is 5.91 Å². The van der Waals surface area contributed by atoms with Crippen molar-refractivity contribution in [2.24, 2.45) is 5.73 Å². The molecule has 1 saturated heterocycles. The summed E-state index contributed by atoms with van der Waals surface area (Å²) < 4.78 is 0. The van der Waals surface area contributed by atoms with E-state index >= 15 is 0 Å². The van der Waals surface area contributed by atoms with Crippen molar-refractivity contribution in [2.75, 3.05) is 5.75 Å². The maximum atomic E-state index is 12.1. The molecule has 0 saturated carbocycles. The Labute approximate surface area is 128 Å². The van der Waals surface area contributed by atoms with Gasteiger partial charge in [-0.25, -0.2) is 0 Å². The zero-order valence-corrected chi connectivity index (χ0v) is 12.9. The predicted molar refractivity (Wildman–Crippen MR) is 83.6 cm³/mol. The second kappa shape index (κ2) is 6.93. The van der Waals surface area contributed by atoms with E-state index in [9.17, 15) is 9.59 Å². The number of aryl methyl sites for hydroxylation is 1. The summed E-state index contributed by atoms with van der Waals surface area (Å²) in [7, 11) is 0. The fourth-order valence-electron chi connectivity index (χ4n) is 2.04. The first-order valence-electron chi connectivity index (χ1n) is 6.82. The lowest BCUT2D eigenvalue weighted by atomic mass is 10.1. The number of benzene rings is 1. The molecule has 1 heterocycles. The highest BCUT2D eigenvalue weighted by molar-refractivity contribution is 7.99. The van der Waals surface area contributed by atoms with Gasteiger partial charge in [0.05, 0.1) is 6.17 Å². The van der Waals surface area contributed by atoms with Crippen LogP contribution in [-0.4, -0.2) is 35.3 Å². The molecule has 21 heavy (non-hydrogen) atoms. The van der Waals surface area contributed by atoms with E-state index in [1.807, 2.05) is 26.0 Å². The van der Waals surface area contributed by atoms with Crippen LogP contribution in [0.1, 0.15) is 22.8 Å². The fraction of sp³-hybridized carbons (Fsp3) is 0.429.